The van der Waals surface area contributed by atoms with Gasteiger partial charge in [-0.1, -0.05) is 82.6 Å². The van der Waals surface area contributed by atoms with Crippen molar-refractivity contribution in [3.05, 3.63) is 154 Å². The van der Waals surface area contributed by atoms with Gasteiger partial charge in [0.25, 0.3) is 11.5 Å². The molecule has 238 valence electrons. The summed E-state index contributed by atoms with van der Waals surface area (Å²) in [5.74, 6) is 1.01. The number of ether oxygens (including phenoxy) is 2. The number of amides is 1. The van der Waals surface area contributed by atoms with Gasteiger partial charge in [-0.25, -0.2) is 4.99 Å². The highest BCUT2D eigenvalue weighted by Gasteiger charge is 2.32. The number of aromatic nitrogens is 1. The number of anilines is 1. The zero-order valence-electron chi connectivity index (χ0n) is 26.1. The minimum Gasteiger partial charge on any atom is -0.497 e. The van der Waals surface area contributed by atoms with E-state index in [9.17, 15) is 9.59 Å². The molecule has 2 heterocycles. The zero-order chi connectivity index (χ0) is 33.2. The Morgan fingerprint density at radius 2 is 1.68 bits per heavy atom. The van der Waals surface area contributed by atoms with Crippen molar-refractivity contribution in [1.82, 2.24) is 4.57 Å². The predicted octanol–water partition coefficient (Wildman–Crippen LogP) is 7.39. The van der Waals surface area contributed by atoms with E-state index in [1.807, 2.05) is 92.7 Å². The molecule has 1 aromatic heterocycles. The summed E-state index contributed by atoms with van der Waals surface area (Å²) in [4.78, 5) is 33.3. The van der Waals surface area contributed by atoms with Crippen LogP contribution in [0.4, 0.5) is 5.69 Å². The molecular weight excluding hydrogens is 653 g/mol. The highest BCUT2D eigenvalue weighted by Crippen LogP contribution is 2.32. The maximum Gasteiger partial charge on any atom is 0.271 e. The number of allylic oxidation sites excluding steroid dienone is 1. The van der Waals surface area contributed by atoms with Crippen molar-refractivity contribution in [2.45, 2.75) is 33.4 Å². The van der Waals surface area contributed by atoms with E-state index in [1.54, 1.807) is 30.7 Å². The first-order valence-corrected chi connectivity index (χ1v) is 16.4. The van der Waals surface area contributed by atoms with Crippen LogP contribution in [0.1, 0.15) is 40.8 Å². The molecule has 0 aliphatic carbocycles. The van der Waals surface area contributed by atoms with Gasteiger partial charge in [0.1, 0.15) is 18.1 Å². The molecule has 6 rings (SSSR count). The van der Waals surface area contributed by atoms with Crippen molar-refractivity contribution < 1.29 is 14.3 Å². The largest absolute Gasteiger partial charge is 0.497 e. The molecule has 0 fully saturated rings. The van der Waals surface area contributed by atoms with E-state index in [0.717, 1.165) is 27.8 Å². The van der Waals surface area contributed by atoms with Crippen LogP contribution < -0.4 is 29.7 Å². The minimum absolute atomic E-state index is 0.239. The quantitative estimate of drug-likeness (QED) is 0.185. The summed E-state index contributed by atoms with van der Waals surface area (Å²) < 4.78 is 13.4. The topological polar surface area (TPSA) is 81.9 Å². The molecule has 1 aliphatic rings. The number of aryl methyl sites for hydroxylation is 2. The van der Waals surface area contributed by atoms with Gasteiger partial charge in [-0.2, -0.15) is 0 Å². The van der Waals surface area contributed by atoms with E-state index >= 15 is 0 Å². The SMILES string of the molecule is COc1ccc([C@H]2C(C(=O)Nc3ccc(C)cc3C)=C(C)N=c3s/c(=C/c4ccc(OCc5ccc(Cl)cc5Cl)cc4)c(=O)n32)cc1. The molecule has 4 aromatic carbocycles. The molecule has 1 amide bonds. The number of nitrogens with one attached hydrogen (secondary N) is 1. The first-order valence-electron chi connectivity index (χ1n) is 14.8. The minimum atomic E-state index is -0.694. The van der Waals surface area contributed by atoms with Crippen LogP contribution >= 0.6 is 34.5 Å². The van der Waals surface area contributed by atoms with Gasteiger partial charge in [0.05, 0.1) is 29.0 Å². The van der Waals surface area contributed by atoms with Crippen LogP contribution in [-0.2, 0) is 11.4 Å². The number of nitrogens with zero attached hydrogens (tertiary/aromatic N) is 2. The molecule has 0 spiro atoms. The van der Waals surface area contributed by atoms with E-state index in [4.69, 9.17) is 37.7 Å². The Balaban J connectivity index is 1.34. The van der Waals surface area contributed by atoms with Gasteiger partial charge < -0.3 is 14.8 Å². The van der Waals surface area contributed by atoms with E-state index < -0.39 is 6.04 Å². The second-order valence-corrected chi connectivity index (χ2v) is 13.1. The highest BCUT2D eigenvalue weighted by molar-refractivity contribution is 7.07. The number of carbonyl (C=O) groups excluding carboxylic acids is 1. The summed E-state index contributed by atoms with van der Waals surface area (Å²) in [6.07, 6.45) is 1.82. The molecule has 1 aliphatic heterocycles. The molecule has 0 bridgehead atoms. The normalized spacial score (nSPS) is 14.4. The summed E-state index contributed by atoms with van der Waals surface area (Å²) in [6, 6.07) is 25.3. The lowest BCUT2D eigenvalue weighted by molar-refractivity contribution is -0.113. The molecule has 0 unspecified atom stereocenters. The predicted molar refractivity (Wildman–Crippen MR) is 189 cm³/mol. The van der Waals surface area contributed by atoms with Gasteiger partial charge in [-0.3, -0.25) is 14.2 Å². The molecule has 47 heavy (non-hydrogen) atoms. The van der Waals surface area contributed by atoms with E-state index in [-0.39, 0.29) is 18.1 Å². The molecule has 10 heteroatoms. The third-order valence-electron chi connectivity index (χ3n) is 7.92. The molecule has 0 saturated carbocycles. The summed E-state index contributed by atoms with van der Waals surface area (Å²) in [5.41, 5.74) is 5.86. The van der Waals surface area contributed by atoms with Gasteiger partial charge >= 0.3 is 0 Å². The maximum absolute atomic E-state index is 14.1. The second kappa shape index (κ2) is 13.6. The third kappa shape index (κ3) is 6.90. The van der Waals surface area contributed by atoms with Crippen LogP contribution in [-0.4, -0.2) is 17.6 Å². The average molecular weight is 685 g/mol. The van der Waals surface area contributed by atoms with Crippen molar-refractivity contribution in [1.29, 1.82) is 0 Å². The van der Waals surface area contributed by atoms with E-state index in [2.05, 4.69) is 5.32 Å². The number of hydrogen-bond donors (Lipinski definition) is 1. The Kier molecular flexibility index (Phi) is 9.36. The fraction of sp³-hybridized carbons (Fsp3) is 0.162. The lowest BCUT2D eigenvalue weighted by Crippen LogP contribution is -2.40. The van der Waals surface area contributed by atoms with Crippen LogP contribution in [0, 0.1) is 13.8 Å². The highest BCUT2D eigenvalue weighted by atomic mass is 35.5. The molecule has 0 saturated heterocycles. The van der Waals surface area contributed by atoms with Crippen molar-refractivity contribution in [2.75, 3.05) is 12.4 Å². The number of thiazole rings is 1. The summed E-state index contributed by atoms with van der Waals surface area (Å²) >= 11 is 13.6. The standard InChI is InChI=1S/C37H31Cl2N3O4S/c1-21-5-16-31(22(2)17-21)41-35(43)33-23(3)40-37-42(34(33)25-9-14-28(45-4)15-10-25)36(44)32(47-37)18-24-6-12-29(13-7-24)46-20-26-8-11-27(38)19-30(26)39/h5-19,34H,20H2,1-4H3,(H,41,43)/b32-18+/t34-/m0/s1. The van der Waals surface area contributed by atoms with Crippen LogP contribution in [0.25, 0.3) is 6.08 Å². The number of hydrogen-bond acceptors (Lipinski definition) is 6. The summed E-state index contributed by atoms with van der Waals surface area (Å²) in [7, 11) is 1.60. The zero-order valence-corrected chi connectivity index (χ0v) is 28.5. The Morgan fingerprint density at radius 1 is 0.957 bits per heavy atom. The average Bonchev–Trinajstić information content (AvgIpc) is 3.35. The Morgan fingerprint density at radius 3 is 2.36 bits per heavy atom. The van der Waals surface area contributed by atoms with Crippen molar-refractivity contribution in [3.63, 3.8) is 0 Å². The van der Waals surface area contributed by atoms with Crippen molar-refractivity contribution in [2.24, 2.45) is 4.99 Å². The van der Waals surface area contributed by atoms with Crippen LogP contribution in [0.2, 0.25) is 10.0 Å². The number of methoxy groups -OCH3 is 1. The molecule has 5 aromatic rings. The van der Waals surface area contributed by atoms with Gasteiger partial charge in [0.2, 0.25) is 0 Å². The van der Waals surface area contributed by atoms with Gasteiger partial charge in [-0.15, -0.1) is 0 Å². The molecule has 1 atom stereocenters. The number of benzene rings is 4. The lowest BCUT2D eigenvalue weighted by Gasteiger charge is -2.25. The first-order chi connectivity index (χ1) is 22.6. The second-order valence-electron chi connectivity index (χ2n) is 11.2. The fourth-order valence-corrected chi connectivity index (χ4v) is 6.98. The van der Waals surface area contributed by atoms with Gasteiger partial charge in [-0.05, 0) is 86.0 Å². The van der Waals surface area contributed by atoms with Crippen molar-refractivity contribution in [3.8, 4) is 11.5 Å². The van der Waals surface area contributed by atoms with E-state index in [1.165, 1.54) is 11.3 Å². The van der Waals surface area contributed by atoms with Crippen LogP contribution in [0.5, 0.6) is 11.5 Å². The molecule has 7 nitrogen and oxygen atoms in total. The maximum atomic E-state index is 14.1. The van der Waals surface area contributed by atoms with Crippen LogP contribution in [0.3, 0.4) is 0 Å². The molecule has 1 N–H and O–H groups in total. The van der Waals surface area contributed by atoms with Gasteiger partial charge in [0, 0.05) is 21.3 Å². The number of carbonyl (C=O) groups is 1. The number of fused-ring (bicyclic) bond motifs is 1. The van der Waals surface area contributed by atoms with Crippen molar-refractivity contribution >= 4 is 52.2 Å². The summed E-state index contributed by atoms with van der Waals surface area (Å²) in [5, 5.41) is 4.17. The van der Waals surface area contributed by atoms with Gasteiger partial charge in [0.15, 0.2) is 4.80 Å². The third-order valence-corrected chi connectivity index (χ3v) is 9.49. The van der Waals surface area contributed by atoms with E-state index in [0.29, 0.717) is 47.8 Å². The number of halogens is 2. The Hall–Kier alpha value is -4.63. The monoisotopic (exact) mass is 683 g/mol. The Bertz CT molecular complexity index is 2200. The Labute approximate surface area is 286 Å². The number of rotatable bonds is 8. The first kappa shape index (κ1) is 32.3. The lowest BCUT2D eigenvalue weighted by atomic mass is 9.95. The fourth-order valence-electron chi connectivity index (χ4n) is 5.47. The smallest absolute Gasteiger partial charge is 0.271 e. The van der Waals surface area contributed by atoms with Crippen LogP contribution in [0.15, 0.2) is 106 Å². The molecule has 0 radical (unpaired) electrons. The summed E-state index contributed by atoms with van der Waals surface area (Å²) in [6.45, 7) is 6.05. The molecular formula is C37H31Cl2N3O4S.